The van der Waals surface area contributed by atoms with Crippen LogP contribution in [0.2, 0.25) is 5.02 Å². The van der Waals surface area contributed by atoms with Crippen molar-refractivity contribution in [3.05, 3.63) is 110 Å². The molecule has 2 heterocycles. The summed E-state index contributed by atoms with van der Waals surface area (Å²) in [5, 5.41) is 0.816. The van der Waals surface area contributed by atoms with E-state index in [0.717, 1.165) is 32.0 Å². The van der Waals surface area contributed by atoms with Crippen LogP contribution < -0.4 is 0 Å². The van der Waals surface area contributed by atoms with Crippen LogP contribution >= 0.6 is 39.3 Å². The van der Waals surface area contributed by atoms with Gasteiger partial charge < -0.3 is 4.57 Å². The fraction of sp³-hybridized carbons (Fsp3) is 0.0741. The van der Waals surface area contributed by atoms with Gasteiger partial charge in [-0.2, -0.15) is 0 Å². The average molecular weight is 584 g/mol. The maximum absolute atomic E-state index is 14.3. The molecule has 1 aliphatic heterocycles. The van der Waals surface area contributed by atoms with Gasteiger partial charge in [-0.05, 0) is 66.4 Å². The number of thioether (sulfide) groups is 1. The highest BCUT2D eigenvalue weighted by molar-refractivity contribution is 9.10. The van der Waals surface area contributed by atoms with Gasteiger partial charge in [0.05, 0.1) is 18.0 Å². The zero-order valence-electron chi connectivity index (χ0n) is 18.6. The van der Waals surface area contributed by atoms with E-state index in [4.69, 9.17) is 11.6 Å². The Kier molecular flexibility index (Phi) is 6.83. The second-order valence-corrected chi connectivity index (χ2v) is 10.5. The van der Waals surface area contributed by atoms with Crippen LogP contribution in [0.15, 0.2) is 82.3 Å². The van der Waals surface area contributed by atoms with Crippen molar-refractivity contribution in [2.45, 2.75) is 6.54 Å². The number of nitrogens with zero attached hydrogens (tertiary/aromatic N) is 2. The summed E-state index contributed by atoms with van der Waals surface area (Å²) in [5.74, 6) is -1.19. The third-order valence-corrected chi connectivity index (χ3v) is 7.45. The summed E-state index contributed by atoms with van der Waals surface area (Å²) >= 11 is 10.1. The maximum atomic E-state index is 14.3. The van der Waals surface area contributed by atoms with Crippen LogP contribution in [-0.4, -0.2) is 32.9 Å². The van der Waals surface area contributed by atoms with Crippen molar-refractivity contribution in [1.29, 1.82) is 0 Å². The summed E-state index contributed by atoms with van der Waals surface area (Å²) in [5.41, 5.74) is 2.45. The van der Waals surface area contributed by atoms with Crippen molar-refractivity contribution in [3.8, 4) is 0 Å². The second kappa shape index (κ2) is 10.0. The van der Waals surface area contributed by atoms with Crippen molar-refractivity contribution in [3.63, 3.8) is 0 Å². The van der Waals surface area contributed by atoms with Gasteiger partial charge in [0.15, 0.2) is 5.78 Å². The molecule has 36 heavy (non-hydrogen) atoms. The van der Waals surface area contributed by atoms with E-state index in [0.29, 0.717) is 28.3 Å². The van der Waals surface area contributed by atoms with Gasteiger partial charge >= 0.3 is 0 Å². The fourth-order valence-electron chi connectivity index (χ4n) is 4.00. The highest BCUT2D eigenvalue weighted by Crippen LogP contribution is 2.35. The predicted octanol–water partition coefficient (Wildman–Crippen LogP) is 7.16. The van der Waals surface area contributed by atoms with E-state index in [-0.39, 0.29) is 23.1 Å². The van der Waals surface area contributed by atoms with Crippen LogP contribution in [-0.2, 0) is 11.3 Å². The number of imide groups is 1. The van der Waals surface area contributed by atoms with Crippen LogP contribution in [0.4, 0.5) is 9.18 Å². The fourth-order valence-corrected chi connectivity index (χ4v) is 5.32. The molecule has 4 aromatic rings. The molecule has 1 aromatic heterocycles. The molecule has 0 radical (unpaired) electrons. The van der Waals surface area contributed by atoms with Gasteiger partial charge in [-0.3, -0.25) is 19.3 Å². The number of rotatable bonds is 6. The highest BCUT2D eigenvalue weighted by atomic mass is 79.9. The van der Waals surface area contributed by atoms with E-state index in [2.05, 4.69) is 15.9 Å². The summed E-state index contributed by atoms with van der Waals surface area (Å²) < 4.78 is 17.0. The smallest absolute Gasteiger partial charge is 0.293 e. The third kappa shape index (κ3) is 4.89. The van der Waals surface area contributed by atoms with Crippen molar-refractivity contribution >= 4 is 73.2 Å². The van der Waals surface area contributed by atoms with E-state index in [9.17, 15) is 18.8 Å². The Labute approximate surface area is 223 Å². The van der Waals surface area contributed by atoms with Gasteiger partial charge in [0, 0.05) is 43.3 Å². The van der Waals surface area contributed by atoms with Crippen LogP contribution in [0.25, 0.3) is 17.0 Å². The van der Waals surface area contributed by atoms with Gasteiger partial charge in [-0.25, -0.2) is 4.39 Å². The molecule has 5 nitrogen and oxygen atoms in total. The van der Waals surface area contributed by atoms with Crippen molar-refractivity contribution in [2.75, 3.05) is 6.54 Å². The molecule has 180 valence electrons. The van der Waals surface area contributed by atoms with Crippen LogP contribution in [0.3, 0.4) is 0 Å². The summed E-state index contributed by atoms with van der Waals surface area (Å²) in [7, 11) is 0. The van der Waals surface area contributed by atoms with E-state index >= 15 is 0 Å². The Morgan fingerprint density at radius 1 is 1.06 bits per heavy atom. The van der Waals surface area contributed by atoms with E-state index in [1.54, 1.807) is 48.5 Å². The number of carbonyl (C=O) groups is 3. The third-order valence-electron chi connectivity index (χ3n) is 5.80. The average Bonchev–Trinajstić information content (AvgIpc) is 3.32. The standard InChI is InChI=1S/C27H17BrClFN2O3S/c28-19-7-10-23-21(12-19)18(14-31(23)13-17-3-1-2-4-22(17)30)11-25-26(34)32(27(35)36-25)15-24(33)16-5-8-20(29)9-6-16/h1-12,14H,13,15H2/b25-11-. The monoisotopic (exact) mass is 582 g/mol. The lowest BCUT2D eigenvalue weighted by Gasteiger charge is -2.11. The molecule has 1 saturated heterocycles. The Balaban J connectivity index is 1.45. The zero-order valence-corrected chi connectivity index (χ0v) is 21.7. The summed E-state index contributed by atoms with van der Waals surface area (Å²) in [6.07, 6.45) is 3.47. The summed E-state index contributed by atoms with van der Waals surface area (Å²) in [6, 6.07) is 18.6. The molecule has 0 spiro atoms. The second-order valence-electron chi connectivity index (χ2n) is 8.16. The number of fused-ring (bicyclic) bond motifs is 1. The molecule has 0 aliphatic carbocycles. The van der Waals surface area contributed by atoms with Gasteiger partial charge in [-0.1, -0.05) is 45.7 Å². The predicted molar refractivity (Wildman–Crippen MR) is 144 cm³/mol. The number of amides is 2. The molecule has 2 amide bonds. The number of hydrogen-bond donors (Lipinski definition) is 0. The number of carbonyl (C=O) groups excluding carboxylic acids is 3. The Hall–Kier alpha value is -3.20. The van der Waals surface area contributed by atoms with Gasteiger partial charge in [0.25, 0.3) is 11.1 Å². The zero-order chi connectivity index (χ0) is 25.4. The van der Waals surface area contributed by atoms with E-state index < -0.39 is 11.1 Å². The molecule has 0 saturated carbocycles. The highest BCUT2D eigenvalue weighted by Gasteiger charge is 2.36. The largest absolute Gasteiger partial charge is 0.342 e. The minimum absolute atomic E-state index is 0.217. The molecule has 1 aliphatic rings. The van der Waals surface area contributed by atoms with Crippen LogP contribution in [0.1, 0.15) is 21.5 Å². The number of benzene rings is 3. The SMILES string of the molecule is O=C(CN1C(=O)S/C(=C\c2cn(Cc3ccccc3F)c3ccc(Br)cc23)C1=O)c1ccc(Cl)cc1. The van der Waals surface area contributed by atoms with Crippen molar-refractivity contribution in [2.24, 2.45) is 0 Å². The van der Waals surface area contributed by atoms with E-state index in [1.165, 1.54) is 6.07 Å². The number of halogens is 3. The molecular weight excluding hydrogens is 567 g/mol. The first-order valence-corrected chi connectivity index (χ1v) is 12.8. The number of hydrogen-bond acceptors (Lipinski definition) is 4. The molecule has 1 fully saturated rings. The quantitative estimate of drug-likeness (QED) is 0.178. The van der Waals surface area contributed by atoms with Gasteiger partial charge in [0.1, 0.15) is 5.82 Å². The van der Waals surface area contributed by atoms with Gasteiger partial charge in [0.2, 0.25) is 0 Å². The van der Waals surface area contributed by atoms with Crippen molar-refractivity contribution < 1.29 is 18.8 Å². The summed E-state index contributed by atoms with van der Waals surface area (Å²) in [4.78, 5) is 39.5. The Morgan fingerprint density at radius 3 is 2.56 bits per heavy atom. The first-order valence-electron chi connectivity index (χ1n) is 10.9. The minimum atomic E-state index is -0.530. The minimum Gasteiger partial charge on any atom is -0.342 e. The van der Waals surface area contributed by atoms with Crippen LogP contribution in [0, 0.1) is 5.82 Å². The molecule has 0 atom stereocenters. The maximum Gasteiger partial charge on any atom is 0.293 e. The van der Waals surface area contributed by atoms with Gasteiger partial charge in [-0.15, -0.1) is 0 Å². The molecule has 0 unspecified atom stereocenters. The normalized spacial score (nSPS) is 14.9. The Bertz CT molecular complexity index is 1570. The lowest BCUT2D eigenvalue weighted by molar-refractivity contribution is -0.122. The first-order chi connectivity index (χ1) is 17.3. The molecule has 5 rings (SSSR count). The molecular formula is C27H17BrClFN2O3S. The number of ketones is 1. The lowest BCUT2D eigenvalue weighted by Crippen LogP contribution is -2.33. The molecule has 0 N–H and O–H groups in total. The van der Waals surface area contributed by atoms with Crippen molar-refractivity contribution in [1.82, 2.24) is 9.47 Å². The molecule has 0 bridgehead atoms. The number of aromatic nitrogens is 1. The lowest BCUT2D eigenvalue weighted by atomic mass is 10.1. The topological polar surface area (TPSA) is 59.4 Å². The summed E-state index contributed by atoms with van der Waals surface area (Å²) in [6.45, 7) is -0.0556. The first kappa shape index (κ1) is 24.5. The number of Topliss-reactive ketones (excluding diaryl/α,β-unsaturated/α-hetero) is 1. The Morgan fingerprint density at radius 2 is 1.81 bits per heavy atom. The van der Waals surface area contributed by atoms with Crippen LogP contribution in [0.5, 0.6) is 0 Å². The molecule has 3 aromatic carbocycles. The molecule has 9 heteroatoms. The van der Waals surface area contributed by atoms with E-state index in [1.807, 2.05) is 29.0 Å².